The molecular formula is C33H44N4O8. The maximum atomic E-state index is 12.5. The van der Waals surface area contributed by atoms with Crippen molar-refractivity contribution in [1.29, 1.82) is 0 Å². The number of benzene rings is 2. The van der Waals surface area contributed by atoms with Crippen molar-refractivity contribution in [3.8, 4) is 11.5 Å². The molecule has 0 aliphatic rings. The minimum atomic E-state index is -1.09. The summed E-state index contributed by atoms with van der Waals surface area (Å²) in [4.78, 5) is 47.6. The molecule has 12 nitrogen and oxygen atoms in total. The van der Waals surface area contributed by atoms with Gasteiger partial charge in [0.15, 0.2) is 11.6 Å². The Hall–Kier alpha value is -4.36. The van der Waals surface area contributed by atoms with Crippen molar-refractivity contribution in [2.75, 3.05) is 27.3 Å². The van der Waals surface area contributed by atoms with Gasteiger partial charge in [0.05, 0.1) is 20.6 Å². The Labute approximate surface area is 263 Å². The number of allylic oxidation sites excluding steroid dienone is 2. The summed E-state index contributed by atoms with van der Waals surface area (Å²) in [5.74, 6) is -2.40. The van der Waals surface area contributed by atoms with Crippen molar-refractivity contribution in [3.63, 3.8) is 0 Å². The number of hydrogen-bond acceptors (Lipinski definition) is 10. The largest absolute Gasteiger partial charge is 0.496 e. The summed E-state index contributed by atoms with van der Waals surface area (Å²) >= 11 is 0. The van der Waals surface area contributed by atoms with Gasteiger partial charge in [-0.05, 0) is 97.1 Å². The highest BCUT2D eigenvalue weighted by Gasteiger charge is 2.24. The first-order valence-electron chi connectivity index (χ1n) is 14.6. The SMILES string of the molecule is COc1cc(C=CC(=O)CC(=O)C=Cc2ccc(C(CCN)CC(N)C(=O)O)c(OC)c2)ccc1C(CCN)CC(N)C(=O)O. The zero-order valence-electron chi connectivity index (χ0n) is 25.7. The van der Waals surface area contributed by atoms with Crippen LogP contribution in [0.5, 0.6) is 11.5 Å². The highest BCUT2D eigenvalue weighted by Crippen LogP contribution is 2.34. The van der Waals surface area contributed by atoms with Crippen LogP contribution in [0.1, 0.15) is 66.2 Å². The smallest absolute Gasteiger partial charge is 0.320 e. The lowest BCUT2D eigenvalue weighted by molar-refractivity contribution is -0.139. The lowest BCUT2D eigenvalue weighted by atomic mass is 9.88. The fourth-order valence-corrected chi connectivity index (χ4v) is 5.02. The van der Waals surface area contributed by atoms with Crippen molar-refractivity contribution >= 4 is 35.7 Å². The molecule has 0 aliphatic carbocycles. The van der Waals surface area contributed by atoms with Gasteiger partial charge in [0, 0.05) is 0 Å². The molecule has 2 aromatic carbocycles. The molecule has 0 bridgehead atoms. The van der Waals surface area contributed by atoms with E-state index in [1.54, 1.807) is 48.6 Å². The Kier molecular flexibility index (Phi) is 15.1. The summed E-state index contributed by atoms with van der Waals surface area (Å²) in [6.45, 7) is 0.688. The second-order valence-corrected chi connectivity index (χ2v) is 10.7. The standard InChI is InChI=1S/C33H44N4O8/c1-44-30-15-20(5-9-26(30)22(11-13-34)17-28(36)32(40)41)3-7-24(38)19-25(39)8-4-21-6-10-27(31(16-21)45-2)23(12-14-35)18-29(37)33(42)43/h3-10,15-16,22-23,28-29H,11-14,17-19,34-37H2,1-2H3,(H,40,41)(H,42,43). The summed E-state index contributed by atoms with van der Waals surface area (Å²) in [7, 11) is 2.99. The average molecular weight is 625 g/mol. The number of ether oxygens (including phenoxy) is 2. The highest BCUT2D eigenvalue weighted by atomic mass is 16.5. The van der Waals surface area contributed by atoms with Crippen LogP contribution in [0.25, 0.3) is 12.2 Å². The topological polar surface area (TPSA) is 231 Å². The fourth-order valence-electron chi connectivity index (χ4n) is 5.02. The molecule has 10 N–H and O–H groups in total. The van der Waals surface area contributed by atoms with Gasteiger partial charge in [-0.2, -0.15) is 0 Å². The van der Waals surface area contributed by atoms with E-state index in [2.05, 4.69) is 0 Å². The fraction of sp³-hybridized carbons (Fsp3) is 0.394. The van der Waals surface area contributed by atoms with Gasteiger partial charge in [-0.1, -0.05) is 36.4 Å². The second-order valence-electron chi connectivity index (χ2n) is 10.7. The first-order chi connectivity index (χ1) is 21.4. The zero-order chi connectivity index (χ0) is 33.5. The van der Waals surface area contributed by atoms with Crippen molar-refractivity contribution < 1.29 is 38.9 Å². The van der Waals surface area contributed by atoms with Gasteiger partial charge in [-0.3, -0.25) is 19.2 Å². The van der Waals surface area contributed by atoms with Gasteiger partial charge < -0.3 is 42.6 Å². The second kappa shape index (κ2) is 18.4. The number of aliphatic carboxylic acids is 2. The first kappa shape index (κ1) is 36.8. The van der Waals surface area contributed by atoms with Crippen molar-refractivity contribution in [2.24, 2.45) is 22.9 Å². The van der Waals surface area contributed by atoms with E-state index < -0.39 is 35.6 Å². The Morgan fingerprint density at radius 3 is 1.40 bits per heavy atom. The van der Waals surface area contributed by atoms with Gasteiger partial charge in [-0.25, -0.2) is 0 Å². The molecule has 12 heteroatoms. The maximum Gasteiger partial charge on any atom is 0.320 e. The third-order valence-corrected chi connectivity index (χ3v) is 7.41. The number of rotatable bonds is 20. The average Bonchev–Trinajstić information content (AvgIpc) is 3.01. The zero-order valence-corrected chi connectivity index (χ0v) is 25.7. The maximum absolute atomic E-state index is 12.5. The molecule has 0 spiro atoms. The van der Waals surface area contributed by atoms with Gasteiger partial charge in [0.25, 0.3) is 0 Å². The van der Waals surface area contributed by atoms with Crippen LogP contribution in [0.3, 0.4) is 0 Å². The lowest BCUT2D eigenvalue weighted by Gasteiger charge is -2.21. The van der Waals surface area contributed by atoms with Crippen LogP contribution in [0.15, 0.2) is 48.6 Å². The minimum absolute atomic E-state index is 0.194. The summed E-state index contributed by atoms with van der Waals surface area (Å²) < 4.78 is 11.0. The number of methoxy groups -OCH3 is 2. The summed E-state index contributed by atoms with van der Waals surface area (Å²) in [5.41, 5.74) is 25.8. The van der Waals surface area contributed by atoms with E-state index in [-0.39, 0.29) is 31.1 Å². The highest BCUT2D eigenvalue weighted by molar-refractivity contribution is 6.10. The summed E-state index contributed by atoms with van der Waals surface area (Å²) in [6.07, 6.45) is 6.87. The molecule has 0 aliphatic heterocycles. The van der Waals surface area contributed by atoms with E-state index in [1.807, 2.05) is 0 Å². The normalized spacial score (nSPS) is 14.2. The van der Waals surface area contributed by atoms with Crippen LogP contribution in [0.2, 0.25) is 0 Å². The van der Waals surface area contributed by atoms with E-state index >= 15 is 0 Å². The van der Waals surface area contributed by atoms with E-state index in [4.69, 9.17) is 32.4 Å². The predicted octanol–water partition coefficient (Wildman–Crippen LogP) is 2.43. The number of nitrogens with two attached hydrogens (primary N) is 4. The monoisotopic (exact) mass is 624 g/mol. The van der Waals surface area contributed by atoms with E-state index in [1.165, 1.54) is 26.4 Å². The van der Waals surface area contributed by atoms with E-state index in [0.717, 1.165) is 11.1 Å². The third kappa shape index (κ3) is 11.6. The van der Waals surface area contributed by atoms with Crippen LogP contribution in [-0.4, -0.2) is 73.1 Å². The molecule has 2 aromatic rings. The van der Waals surface area contributed by atoms with Crippen LogP contribution < -0.4 is 32.4 Å². The third-order valence-electron chi connectivity index (χ3n) is 7.41. The van der Waals surface area contributed by atoms with E-state index in [9.17, 15) is 29.4 Å². The molecule has 0 aromatic heterocycles. The number of carboxylic acids is 2. The quantitative estimate of drug-likeness (QED) is 0.0921. The van der Waals surface area contributed by atoms with Crippen molar-refractivity contribution in [2.45, 2.75) is 56.0 Å². The number of ketones is 2. The number of carboxylic acid groups (broad SMARTS) is 2. The van der Waals surface area contributed by atoms with Gasteiger partial charge in [-0.15, -0.1) is 0 Å². The van der Waals surface area contributed by atoms with Crippen LogP contribution in [0, 0.1) is 0 Å². The minimum Gasteiger partial charge on any atom is -0.496 e. The van der Waals surface area contributed by atoms with Gasteiger partial charge in [0.2, 0.25) is 0 Å². The molecule has 4 atom stereocenters. The Morgan fingerprint density at radius 1 is 0.711 bits per heavy atom. The molecule has 0 amide bonds. The van der Waals surface area contributed by atoms with Crippen molar-refractivity contribution in [3.05, 3.63) is 70.8 Å². The molecule has 2 rings (SSSR count). The molecule has 0 heterocycles. The molecule has 45 heavy (non-hydrogen) atoms. The molecule has 0 saturated heterocycles. The summed E-state index contributed by atoms with van der Waals surface area (Å²) in [5, 5.41) is 18.4. The number of carbonyl (C=O) groups excluding carboxylic acids is 2. The van der Waals surface area contributed by atoms with Gasteiger partial charge >= 0.3 is 11.9 Å². The van der Waals surface area contributed by atoms with E-state index in [0.29, 0.717) is 48.6 Å². The molecule has 0 saturated carbocycles. The summed E-state index contributed by atoms with van der Waals surface area (Å²) in [6, 6.07) is 8.49. The predicted molar refractivity (Wildman–Crippen MR) is 172 cm³/mol. The lowest BCUT2D eigenvalue weighted by Crippen LogP contribution is -2.32. The number of carbonyl (C=O) groups is 4. The van der Waals surface area contributed by atoms with Crippen molar-refractivity contribution in [1.82, 2.24) is 0 Å². The van der Waals surface area contributed by atoms with Crippen LogP contribution >= 0.6 is 0 Å². The molecule has 0 fully saturated rings. The number of hydrogen-bond donors (Lipinski definition) is 6. The Morgan fingerprint density at radius 2 is 1.09 bits per heavy atom. The Bertz CT molecular complexity index is 1290. The molecule has 244 valence electrons. The molecule has 4 unspecified atom stereocenters. The van der Waals surface area contributed by atoms with Gasteiger partial charge in [0.1, 0.15) is 23.6 Å². The Balaban J connectivity index is 2.10. The molecule has 0 radical (unpaired) electrons. The van der Waals surface area contributed by atoms with Crippen LogP contribution in [-0.2, 0) is 19.2 Å². The molecular weight excluding hydrogens is 580 g/mol. The first-order valence-corrected chi connectivity index (χ1v) is 14.6. The van der Waals surface area contributed by atoms with Crippen LogP contribution in [0.4, 0.5) is 0 Å².